The van der Waals surface area contributed by atoms with E-state index in [1.807, 2.05) is 18.2 Å². The maximum atomic E-state index is 12.9. The molecular weight excluding hydrogens is 322 g/mol. The zero-order valence-corrected chi connectivity index (χ0v) is 14.1. The quantitative estimate of drug-likeness (QED) is 0.793. The third-order valence-corrected chi connectivity index (χ3v) is 6.25. The van der Waals surface area contributed by atoms with Crippen molar-refractivity contribution in [3.63, 3.8) is 0 Å². The normalized spacial score (nSPS) is 15.8. The number of aromatic nitrogens is 2. The second kappa shape index (κ2) is 5.94. The fraction of sp³-hybridized carbons (Fsp3) is 0.278. The minimum atomic E-state index is -3.63. The number of anilines is 1. The molecule has 0 bridgehead atoms. The molecule has 1 aromatic heterocycles. The van der Waals surface area contributed by atoms with E-state index in [0.717, 1.165) is 24.3 Å². The zero-order valence-electron chi connectivity index (χ0n) is 13.3. The zero-order chi connectivity index (χ0) is 16.6. The SMILES string of the molecule is O=S(=O)(c1ccccc1)c1n[nH]c2ccc(N3CCCCC3)cc12. The van der Waals surface area contributed by atoms with Gasteiger partial charge in [-0.1, -0.05) is 18.2 Å². The molecule has 3 aromatic rings. The lowest BCUT2D eigenvalue weighted by Gasteiger charge is -2.28. The Morgan fingerprint density at radius 2 is 1.71 bits per heavy atom. The number of sulfone groups is 1. The Morgan fingerprint density at radius 3 is 2.46 bits per heavy atom. The van der Waals surface area contributed by atoms with E-state index >= 15 is 0 Å². The number of rotatable bonds is 3. The van der Waals surface area contributed by atoms with Gasteiger partial charge in [0.25, 0.3) is 0 Å². The van der Waals surface area contributed by atoms with Crippen LogP contribution in [0.15, 0.2) is 58.5 Å². The number of hydrogen-bond acceptors (Lipinski definition) is 4. The van der Waals surface area contributed by atoms with Gasteiger partial charge in [-0.05, 0) is 49.6 Å². The van der Waals surface area contributed by atoms with Crippen LogP contribution in [0, 0.1) is 0 Å². The van der Waals surface area contributed by atoms with Crippen molar-refractivity contribution in [1.82, 2.24) is 10.2 Å². The molecule has 6 heteroatoms. The molecule has 1 aliphatic heterocycles. The lowest BCUT2D eigenvalue weighted by atomic mass is 10.1. The molecule has 2 aromatic carbocycles. The first-order valence-electron chi connectivity index (χ1n) is 8.19. The summed E-state index contributed by atoms with van der Waals surface area (Å²) in [6.07, 6.45) is 3.62. The van der Waals surface area contributed by atoms with Gasteiger partial charge in [-0.3, -0.25) is 5.10 Å². The number of hydrogen-bond donors (Lipinski definition) is 1. The summed E-state index contributed by atoms with van der Waals surface area (Å²) in [5.74, 6) is 0. The second-order valence-electron chi connectivity index (χ2n) is 6.12. The fourth-order valence-electron chi connectivity index (χ4n) is 3.24. The molecule has 0 aliphatic carbocycles. The van der Waals surface area contributed by atoms with Crippen LogP contribution in [-0.2, 0) is 9.84 Å². The highest BCUT2D eigenvalue weighted by Gasteiger charge is 2.24. The monoisotopic (exact) mass is 341 g/mol. The number of nitrogens with zero attached hydrogens (tertiary/aromatic N) is 2. The number of piperidine rings is 1. The molecule has 0 atom stereocenters. The molecule has 0 saturated carbocycles. The first-order chi connectivity index (χ1) is 11.7. The van der Waals surface area contributed by atoms with Gasteiger partial charge in [0.05, 0.1) is 10.4 Å². The summed E-state index contributed by atoms with van der Waals surface area (Å²) < 4.78 is 25.8. The van der Waals surface area contributed by atoms with Crippen LogP contribution in [0.1, 0.15) is 19.3 Å². The maximum Gasteiger partial charge on any atom is 0.226 e. The Bertz CT molecular complexity index is 958. The Balaban J connectivity index is 1.81. The van der Waals surface area contributed by atoms with Crippen molar-refractivity contribution in [3.05, 3.63) is 48.5 Å². The van der Waals surface area contributed by atoms with Crippen molar-refractivity contribution >= 4 is 26.4 Å². The van der Waals surface area contributed by atoms with E-state index < -0.39 is 9.84 Å². The molecule has 0 spiro atoms. The van der Waals surface area contributed by atoms with Gasteiger partial charge >= 0.3 is 0 Å². The Morgan fingerprint density at radius 1 is 0.958 bits per heavy atom. The molecule has 2 heterocycles. The third kappa shape index (κ3) is 2.57. The Hall–Kier alpha value is -2.34. The van der Waals surface area contributed by atoms with E-state index in [1.54, 1.807) is 30.3 Å². The van der Waals surface area contributed by atoms with E-state index in [-0.39, 0.29) is 9.92 Å². The van der Waals surface area contributed by atoms with Crippen molar-refractivity contribution < 1.29 is 8.42 Å². The molecule has 124 valence electrons. The van der Waals surface area contributed by atoms with Crippen LogP contribution in [0.5, 0.6) is 0 Å². The standard InChI is InChI=1S/C18H19N3O2S/c22-24(23,15-7-3-1-4-8-15)18-16-13-14(9-10-17(16)19-20-18)21-11-5-2-6-12-21/h1,3-4,7-10,13H,2,5-6,11-12H2,(H,19,20). The van der Waals surface area contributed by atoms with Crippen LogP contribution in [0.4, 0.5) is 5.69 Å². The van der Waals surface area contributed by atoms with Crippen molar-refractivity contribution in [1.29, 1.82) is 0 Å². The lowest BCUT2D eigenvalue weighted by molar-refractivity contribution is 0.578. The summed E-state index contributed by atoms with van der Waals surface area (Å²) in [7, 11) is -3.63. The Labute approximate surface area is 141 Å². The number of nitrogens with one attached hydrogen (secondary N) is 1. The molecule has 0 unspecified atom stereocenters. The average molecular weight is 341 g/mol. The van der Waals surface area contributed by atoms with Crippen molar-refractivity contribution in [2.75, 3.05) is 18.0 Å². The topological polar surface area (TPSA) is 66.1 Å². The van der Waals surface area contributed by atoms with Crippen LogP contribution < -0.4 is 4.90 Å². The van der Waals surface area contributed by atoms with Gasteiger partial charge in [0.1, 0.15) is 0 Å². The van der Waals surface area contributed by atoms with Crippen LogP contribution in [0.25, 0.3) is 10.9 Å². The van der Waals surface area contributed by atoms with Crippen LogP contribution >= 0.6 is 0 Å². The van der Waals surface area contributed by atoms with E-state index in [1.165, 1.54) is 19.3 Å². The second-order valence-corrected chi connectivity index (χ2v) is 7.99. The van der Waals surface area contributed by atoms with Crippen molar-refractivity contribution in [2.24, 2.45) is 0 Å². The van der Waals surface area contributed by atoms with E-state index in [9.17, 15) is 8.42 Å². The van der Waals surface area contributed by atoms with Crippen LogP contribution in [-0.4, -0.2) is 31.7 Å². The summed E-state index contributed by atoms with van der Waals surface area (Å²) in [4.78, 5) is 2.58. The summed E-state index contributed by atoms with van der Waals surface area (Å²) >= 11 is 0. The molecule has 1 aliphatic rings. The first kappa shape index (κ1) is 15.2. The van der Waals surface area contributed by atoms with Gasteiger partial charge in [-0.2, -0.15) is 5.10 Å². The van der Waals surface area contributed by atoms with E-state index in [4.69, 9.17) is 0 Å². The van der Waals surface area contributed by atoms with Crippen LogP contribution in [0.2, 0.25) is 0 Å². The summed E-state index contributed by atoms with van der Waals surface area (Å²) in [5, 5.41) is 7.70. The first-order valence-corrected chi connectivity index (χ1v) is 9.68. The molecule has 0 amide bonds. The minimum Gasteiger partial charge on any atom is -0.372 e. The van der Waals surface area contributed by atoms with Gasteiger partial charge in [0.2, 0.25) is 9.84 Å². The molecule has 24 heavy (non-hydrogen) atoms. The van der Waals surface area contributed by atoms with Gasteiger partial charge in [0, 0.05) is 24.2 Å². The average Bonchev–Trinajstić information content (AvgIpc) is 3.07. The van der Waals surface area contributed by atoms with Crippen molar-refractivity contribution in [3.8, 4) is 0 Å². The largest absolute Gasteiger partial charge is 0.372 e. The number of fused-ring (bicyclic) bond motifs is 1. The van der Waals surface area contributed by atoms with E-state index in [2.05, 4.69) is 15.1 Å². The fourth-order valence-corrected chi connectivity index (χ4v) is 4.61. The van der Waals surface area contributed by atoms with Crippen LogP contribution in [0.3, 0.4) is 0 Å². The molecule has 0 radical (unpaired) electrons. The van der Waals surface area contributed by atoms with E-state index in [0.29, 0.717) is 5.39 Å². The lowest BCUT2D eigenvalue weighted by Crippen LogP contribution is -2.29. The molecule has 1 fully saturated rings. The third-order valence-electron chi connectivity index (χ3n) is 4.54. The Kier molecular flexibility index (Phi) is 3.76. The summed E-state index contributed by atoms with van der Waals surface area (Å²) in [6, 6.07) is 14.3. The maximum absolute atomic E-state index is 12.9. The molecule has 5 nitrogen and oxygen atoms in total. The predicted octanol–water partition coefficient (Wildman–Crippen LogP) is 3.39. The molecular formula is C18H19N3O2S. The van der Waals surface area contributed by atoms with Gasteiger partial charge in [-0.25, -0.2) is 8.42 Å². The summed E-state index contributed by atoms with van der Waals surface area (Å²) in [5.41, 5.74) is 1.80. The summed E-state index contributed by atoms with van der Waals surface area (Å²) in [6.45, 7) is 2.04. The minimum absolute atomic E-state index is 0.0996. The molecule has 1 N–H and O–H groups in total. The predicted molar refractivity (Wildman–Crippen MR) is 94.1 cm³/mol. The highest BCUT2D eigenvalue weighted by molar-refractivity contribution is 7.91. The highest BCUT2D eigenvalue weighted by Crippen LogP contribution is 2.30. The van der Waals surface area contributed by atoms with Crippen molar-refractivity contribution in [2.45, 2.75) is 29.2 Å². The van der Waals surface area contributed by atoms with Gasteiger partial charge in [0.15, 0.2) is 5.03 Å². The van der Waals surface area contributed by atoms with Gasteiger partial charge in [-0.15, -0.1) is 0 Å². The number of benzene rings is 2. The smallest absolute Gasteiger partial charge is 0.226 e. The number of H-pyrrole nitrogens is 1. The van der Waals surface area contributed by atoms with Gasteiger partial charge < -0.3 is 4.90 Å². The number of aromatic amines is 1. The molecule has 4 rings (SSSR count). The highest BCUT2D eigenvalue weighted by atomic mass is 32.2. The molecule has 1 saturated heterocycles.